The summed E-state index contributed by atoms with van der Waals surface area (Å²) in [6, 6.07) is 14.2. The van der Waals surface area contributed by atoms with E-state index in [2.05, 4.69) is 15.9 Å². The lowest BCUT2D eigenvalue weighted by Gasteiger charge is -2.25. The normalized spacial score (nSPS) is 17.8. The molecule has 0 aromatic heterocycles. The zero-order valence-electron chi connectivity index (χ0n) is 11.4. The highest BCUT2D eigenvalue weighted by molar-refractivity contribution is 9.10. The summed E-state index contributed by atoms with van der Waals surface area (Å²) >= 11 is 5.05. The molecule has 2 aromatic rings. The maximum absolute atomic E-state index is 12.3. The van der Waals surface area contributed by atoms with E-state index in [9.17, 15) is 9.59 Å². The van der Waals surface area contributed by atoms with E-state index in [0.29, 0.717) is 11.4 Å². The number of anilines is 1. The average Bonchev–Trinajstić information content (AvgIpc) is 2.89. The van der Waals surface area contributed by atoms with Crippen molar-refractivity contribution >= 4 is 45.3 Å². The summed E-state index contributed by atoms with van der Waals surface area (Å²) in [6.45, 7) is 0. The SMILES string of the molecule is O=C(O)c1cccc(N2C(=O)CS[C@H]2c2ccccc2Br)c1. The van der Waals surface area contributed by atoms with Gasteiger partial charge in [-0.05, 0) is 29.8 Å². The molecule has 0 unspecified atom stereocenters. The first-order valence-electron chi connectivity index (χ1n) is 6.59. The molecule has 0 aliphatic carbocycles. The van der Waals surface area contributed by atoms with Gasteiger partial charge in [0.05, 0.1) is 11.3 Å². The molecule has 0 spiro atoms. The van der Waals surface area contributed by atoms with Crippen LogP contribution in [-0.2, 0) is 4.79 Å². The molecule has 4 nitrogen and oxygen atoms in total. The summed E-state index contributed by atoms with van der Waals surface area (Å²) in [6.07, 6.45) is 0. The van der Waals surface area contributed by atoms with Crippen molar-refractivity contribution in [1.29, 1.82) is 0 Å². The molecule has 112 valence electrons. The third kappa shape index (κ3) is 2.76. The number of carboxylic acid groups (broad SMARTS) is 1. The second-order valence-corrected chi connectivity index (χ2v) is 6.73. The van der Waals surface area contributed by atoms with E-state index in [4.69, 9.17) is 5.11 Å². The van der Waals surface area contributed by atoms with Gasteiger partial charge in [-0.15, -0.1) is 11.8 Å². The minimum Gasteiger partial charge on any atom is -0.478 e. The van der Waals surface area contributed by atoms with Crippen molar-refractivity contribution in [3.05, 3.63) is 64.1 Å². The zero-order chi connectivity index (χ0) is 15.7. The van der Waals surface area contributed by atoms with Crippen molar-refractivity contribution in [3.63, 3.8) is 0 Å². The van der Waals surface area contributed by atoms with Gasteiger partial charge in [0.1, 0.15) is 5.37 Å². The van der Waals surface area contributed by atoms with Crippen molar-refractivity contribution in [2.45, 2.75) is 5.37 Å². The van der Waals surface area contributed by atoms with E-state index >= 15 is 0 Å². The van der Waals surface area contributed by atoms with Crippen LogP contribution in [0, 0.1) is 0 Å². The Labute approximate surface area is 140 Å². The van der Waals surface area contributed by atoms with Gasteiger partial charge in [-0.3, -0.25) is 9.69 Å². The Kier molecular flexibility index (Phi) is 4.22. The van der Waals surface area contributed by atoms with Crippen LogP contribution in [-0.4, -0.2) is 22.7 Å². The number of hydrogen-bond donors (Lipinski definition) is 1. The molecule has 22 heavy (non-hydrogen) atoms. The molecule has 3 rings (SSSR count). The van der Waals surface area contributed by atoms with Crippen molar-refractivity contribution in [2.24, 2.45) is 0 Å². The molecule has 0 saturated carbocycles. The Balaban J connectivity index is 2.03. The number of thioether (sulfide) groups is 1. The van der Waals surface area contributed by atoms with E-state index in [1.165, 1.54) is 23.9 Å². The summed E-state index contributed by atoms with van der Waals surface area (Å²) in [4.78, 5) is 25.1. The van der Waals surface area contributed by atoms with Gasteiger partial charge in [0, 0.05) is 10.2 Å². The fourth-order valence-electron chi connectivity index (χ4n) is 2.40. The van der Waals surface area contributed by atoms with Crippen LogP contribution in [0.4, 0.5) is 5.69 Å². The first kappa shape index (κ1) is 15.1. The Morgan fingerprint density at radius 2 is 2.00 bits per heavy atom. The van der Waals surface area contributed by atoms with Gasteiger partial charge < -0.3 is 5.11 Å². The number of rotatable bonds is 3. The van der Waals surface area contributed by atoms with Gasteiger partial charge in [-0.2, -0.15) is 0 Å². The largest absolute Gasteiger partial charge is 0.478 e. The zero-order valence-corrected chi connectivity index (χ0v) is 13.8. The molecule has 1 fully saturated rings. The van der Waals surface area contributed by atoms with Crippen LogP contribution < -0.4 is 4.90 Å². The topological polar surface area (TPSA) is 57.6 Å². The summed E-state index contributed by atoms with van der Waals surface area (Å²) in [5.41, 5.74) is 1.78. The van der Waals surface area contributed by atoms with E-state index < -0.39 is 5.97 Å². The number of aromatic carboxylic acids is 1. The van der Waals surface area contributed by atoms with Crippen LogP contribution in [0.2, 0.25) is 0 Å². The van der Waals surface area contributed by atoms with Crippen LogP contribution in [0.15, 0.2) is 53.0 Å². The maximum atomic E-state index is 12.3. The number of nitrogens with zero attached hydrogens (tertiary/aromatic N) is 1. The number of carbonyl (C=O) groups is 2. The smallest absolute Gasteiger partial charge is 0.335 e. The van der Waals surface area contributed by atoms with E-state index in [1.54, 1.807) is 17.0 Å². The first-order valence-corrected chi connectivity index (χ1v) is 8.43. The molecule has 1 heterocycles. The van der Waals surface area contributed by atoms with E-state index in [-0.39, 0.29) is 16.8 Å². The standard InChI is InChI=1S/C16H12BrNO3S/c17-13-7-2-1-6-12(13)15-18(14(19)9-22-15)11-5-3-4-10(8-11)16(20)21/h1-8,15H,9H2,(H,20,21)/t15-/m0/s1. The van der Waals surface area contributed by atoms with Crippen LogP contribution in [0.25, 0.3) is 0 Å². The van der Waals surface area contributed by atoms with Crippen LogP contribution in [0.3, 0.4) is 0 Å². The summed E-state index contributed by atoms with van der Waals surface area (Å²) < 4.78 is 0.932. The quantitative estimate of drug-likeness (QED) is 0.880. The van der Waals surface area contributed by atoms with Gasteiger partial charge in [-0.25, -0.2) is 4.79 Å². The molecule has 6 heteroatoms. The third-order valence-corrected chi connectivity index (χ3v) is 5.33. The molecule has 1 aliphatic heterocycles. The van der Waals surface area contributed by atoms with Gasteiger partial charge >= 0.3 is 5.97 Å². The Morgan fingerprint density at radius 1 is 1.23 bits per heavy atom. The lowest BCUT2D eigenvalue weighted by molar-refractivity contribution is -0.115. The third-order valence-electron chi connectivity index (χ3n) is 3.41. The number of carbonyl (C=O) groups excluding carboxylic acids is 1. The van der Waals surface area contributed by atoms with Crippen LogP contribution in [0.1, 0.15) is 21.3 Å². The van der Waals surface area contributed by atoms with Gasteiger partial charge in [0.2, 0.25) is 5.91 Å². The molecular weight excluding hydrogens is 366 g/mol. The number of hydrogen-bond acceptors (Lipinski definition) is 3. The molecule has 1 saturated heterocycles. The number of carboxylic acids is 1. The van der Waals surface area contributed by atoms with Gasteiger partial charge in [0.15, 0.2) is 0 Å². The fourth-order valence-corrected chi connectivity index (χ4v) is 4.26. The molecule has 1 aliphatic rings. The van der Waals surface area contributed by atoms with Crippen LogP contribution in [0.5, 0.6) is 0 Å². The lowest BCUT2D eigenvalue weighted by atomic mass is 10.1. The molecule has 0 bridgehead atoms. The second-order valence-electron chi connectivity index (χ2n) is 4.80. The summed E-state index contributed by atoms with van der Waals surface area (Å²) in [7, 11) is 0. The molecule has 1 N–H and O–H groups in total. The molecule has 0 radical (unpaired) electrons. The van der Waals surface area contributed by atoms with Gasteiger partial charge in [0.25, 0.3) is 0 Å². The van der Waals surface area contributed by atoms with Crippen molar-refractivity contribution < 1.29 is 14.7 Å². The van der Waals surface area contributed by atoms with E-state index in [1.807, 2.05) is 24.3 Å². The van der Waals surface area contributed by atoms with Crippen molar-refractivity contribution in [2.75, 3.05) is 10.7 Å². The van der Waals surface area contributed by atoms with Crippen molar-refractivity contribution in [1.82, 2.24) is 0 Å². The molecular formula is C16H12BrNO3S. The van der Waals surface area contributed by atoms with E-state index in [0.717, 1.165) is 10.0 Å². The average molecular weight is 378 g/mol. The highest BCUT2D eigenvalue weighted by atomic mass is 79.9. The predicted molar refractivity (Wildman–Crippen MR) is 90.2 cm³/mol. The number of halogens is 1. The minimum absolute atomic E-state index is 0.0201. The number of benzene rings is 2. The summed E-state index contributed by atoms with van der Waals surface area (Å²) in [5, 5.41) is 8.97. The fraction of sp³-hybridized carbons (Fsp3) is 0.125. The van der Waals surface area contributed by atoms with Gasteiger partial charge in [-0.1, -0.05) is 40.2 Å². The Hall–Kier alpha value is -1.79. The Bertz CT molecular complexity index is 750. The molecule has 1 amide bonds. The second kappa shape index (κ2) is 6.14. The minimum atomic E-state index is -1.00. The predicted octanol–water partition coefficient (Wildman–Crippen LogP) is 3.93. The molecule has 1 atom stereocenters. The number of amides is 1. The maximum Gasteiger partial charge on any atom is 0.335 e. The highest BCUT2D eigenvalue weighted by Gasteiger charge is 2.35. The highest BCUT2D eigenvalue weighted by Crippen LogP contribution is 2.44. The first-order chi connectivity index (χ1) is 10.6. The molecule has 2 aromatic carbocycles. The lowest BCUT2D eigenvalue weighted by Crippen LogP contribution is -2.28. The van der Waals surface area contributed by atoms with Crippen molar-refractivity contribution in [3.8, 4) is 0 Å². The Morgan fingerprint density at radius 3 is 2.73 bits per heavy atom. The monoisotopic (exact) mass is 377 g/mol. The summed E-state index contributed by atoms with van der Waals surface area (Å²) in [5.74, 6) is -0.643. The van der Waals surface area contributed by atoms with Crippen LogP contribution >= 0.6 is 27.7 Å².